The van der Waals surface area contributed by atoms with Gasteiger partial charge in [0, 0.05) is 19.6 Å². The van der Waals surface area contributed by atoms with Gasteiger partial charge in [-0.2, -0.15) is 4.31 Å². The molecule has 0 spiro atoms. The van der Waals surface area contributed by atoms with Crippen LogP contribution >= 0.6 is 0 Å². The minimum atomic E-state index is -3.94. The molecule has 0 bridgehead atoms. The number of nitrogens with zero attached hydrogens (tertiary/aromatic N) is 1. The Balaban J connectivity index is 2.03. The zero-order valence-electron chi connectivity index (χ0n) is 18.5. The van der Waals surface area contributed by atoms with Crippen molar-refractivity contribution in [2.45, 2.75) is 38.3 Å². The number of benzene rings is 2. The summed E-state index contributed by atoms with van der Waals surface area (Å²) in [4.78, 5) is 36.2. The van der Waals surface area contributed by atoms with Crippen molar-refractivity contribution >= 4 is 27.9 Å². The molecule has 2 rings (SSSR count). The molecular formula is C22H26FN3O6S. The number of ether oxygens (including phenoxy) is 1. The van der Waals surface area contributed by atoms with Crippen LogP contribution in [0.15, 0.2) is 53.4 Å². The number of sulfonamides is 1. The van der Waals surface area contributed by atoms with Crippen molar-refractivity contribution in [1.82, 2.24) is 14.9 Å². The highest BCUT2D eigenvalue weighted by Gasteiger charge is 2.27. The summed E-state index contributed by atoms with van der Waals surface area (Å²) < 4.78 is 45.6. The third-order valence-electron chi connectivity index (χ3n) is 4.69. The number of amides is 3. The third kappa shape index (κ3) is 6.83. The lowest BCUT2D eigenvalue weighted by molar-refractivity contribution is -0.127. The first-order valence-corrected chi connectivity index (χ1v) is 11.7. The van der Waals surface area contributed by atoms with E-state index in [1.807, 2.05) is 11.4 Å². The Morgan fingerprint density at radius 1 is 1.06 bits per heavy atom. The molecule has 0 aromatic heterocycles. The van der Waals surface area contributed by atoms with Crippen LogP contribution in [-0.4, -0.2) is 49.8 Å². The topological polar surface area (TPSA) is 122 Å². The second-order valence-electron chi connectivity index (χ2n) is 6.94. The highest BCUT2D eigenvalue weighted by molar-refractivity contribution is 7.89. The summed E-state index contributed by atoms with van der Waals surface area (Å²) in [6.45, 7) is 5.06. The minimum absolute atomic E-state index is 0.174. The molecule has 0 saturated heterocycles. The number of halogens is 1. The van der Waals surface area contributed by atoms with Crippen molar-refractivity contribution in [3.63, 3.8) is 0 Å². The highest BCUT2D eigenvalue weighted by Crippen LogP contribution is 2.20. The molecule has 178 valence electrons. The molecule has 1 unspecified atom stereocenters. The number of nitrogens with one attached hydrogen (secondary N) is 2. The molecule has 2 aromatic carbocycles. The van der Waals surface area contributed by atoms with Gasteiger partial charge < -0.3 is 10.1 Å². The Labute approximate surface area is 192 Å². The molecule has 0 heterocycles. The number of hydrogen-bond acceptors (Lipinski definition) is 6. The fourth-order valence-corrected chi connectivity index (χ4v) is 4.33. The maximum absolute atomic E-state index is 14.2. The number of carbonyl (C=O) groups is 3. The summed E-state index contributed by atoms with van der Waals surface area (Å²) in [5.41, 5.74) is 0.172. The van der Waals surface area contributed by atoms with Crippen molar-refractivity contribution in [1.29, 1.82) is 0 Å². The summed E-state index contributed by atoms with van der Waals surface area (Å²) in [7, 11) is -3.94. The van der Waals surface area contributed by atoms with E-state index in [1.165, 1.54) is 6.92 Å². The number of rotatable bonds is 9. The zero-order chi connectivity index (χ0) is 24.6. The van der Waals surface area contributed by atoms with Crippen LogP contribution in [-0.2, 0) is 26.1 Å². The van der Waals surface area contributed by atoms with Gasteiger partial charge >= 0.3 is 12.0 Å². The average Bonchev–Trinajstić information content (AvgIpc) is 2.79. The van der Waals surface area contributed by atoms with Gasteiger partial charge in [-0.3, -0.25) is 10.1 Å². The van der Waals surface area contributed by atoms with Gasteiger partial charge in [0.05, 0.1) is 10.5 Å². The van der Waals surface area contributed by atoms with Crippen molar-refractivity contribution in [2.24, 2.45) is 0 Å². The third-order valence-corrected chi connectivity index (χ3v) is 6.73. The Kier molecular flexibility index (Phi) is 9.06. The summed E-state index contributed by atoms with van der Waals surface area (Å²) in [5.74, 6) is -3.18. The lowest BCUT2D eigenvalue weighted by atomic mass is 10.2. The van der Waals surface area contributed by atoms with Gasteiger partial charge in [0.1, 0.15) is 5.82 Å². The van der Waals surface area contributed by atoms with Crippen LogP contribution in [0.3, 0.4) is 0 Å². The Bertz CT molecular complexity index is 1100. The molecular weight excluding hydrogens is 453 g/mol. The van der Waals surface area contributed by atoms with Crippen molar-refractivity contribution in [3.8, 4) is 0 Å². The monoisotopic (exact) mass is 479 g/mol. The van der Waals surface area contributed by atoms with Crippen molar-refractivity contribution in [3.05, 3.63) is 65.5 Å². The van der Waals surface area contributed by atoms with Crippen LogP contribution in [0.4, 0.5) is 9.18 Å². The van der Waals surface area contributed by atoms with Crippen LogP contribution in [0.1, 0.15) is 36.7 Å². The normalized spacial score (nSPS) is 12.2. The van der Waals surface area contributed by atoms with Gasteiger partial charge in [0.2, 0.25) is 10.0 Å². The molecule has 2 N–H and O–H groups in total. The van der Waals surface area contributed by atoms with Gasteiger partial charge in [-0.25, -0.2) is 22.4 Å². The van der Waals surface area contributed by atoms with E-state index in [0.717, 1.165) is 28.1 Å². The van der Waals surface area contributed by atoms with Crippen LogP contribution in [0.5, 0.6) is 0 Å². The second-order valence-corrected chi connectivity index (χ2v) is 8.87. The maximum atomic E-state index is 14.2. The quantitative estimate of drug-likeness (QED) is 0.533. The van der Waals surface area contributed by atoms with Gasteiger partial charge in [-0.1, -0.05) is 44.2 Å². The molecule has 0 saturated carbocycles. The molecule has 1 atom stereocenters. The van der Waals surface area contributed by atoms with Gasteiger partial charge in [-0.05, 0) is 30.7 Å². The van der Waals surface area contributed by atoms with E-state index < -0.39 is 45.4 Å². The van der Waals surface area contributed by atoms with E-state index in [2.05, 4.69) is 5.32 Å². The smallest absolute Gasteiger partial charge is 0.341 e. The fourth-order valence-electron chi connectivity index (χ4n) is 2.85. The highest BCUT2D eigenvalue weighted by atomic mass is 32.2. The Morgan fingerprint density at radius 3 is 2.30 bits per heavy atom. The first-order valence-electron chi connectivity index (χ1n) is 10.2. The lowest BCUT2D eigenvalue weighted by Gasteiger charge is -2.19. The Hall–Kier alpha value is -3.31. The molecule has 33 heavy (non-hydrogen) atoms. The molecule has 0 radical (unpaired) electrons. The number of urea groups is 1. The second kappa shape index (κ2) is 11.5. The molecule has 0 fully saturated rings. The maximum Gasteiger partial charge on any atom is 0.341 e. The first-order chi connectivity index (χ1) is 15.6. The zero-order valence-corrected chi connectivity index (χ0v) is 19.3. The summed E-state index contributed by atoms with van der Waals surface area (Å²) in [6.07, 6.45) is -1.44. The largest absolute Gasteiger partial charge is 0.449 e. The summed E-state index contributed by atoms with van der Waals surface area (Å²) in [6, 6.07) is 10.9. The van der Waals surface area contributed by atoms with Gasteiger partial charge in [-0.15, -0.1) is 0 Å². The van der Waals surface area contributed by atoms with Crippen LogP contribution in [0.25, 0.3) is 0 Å². The van der Waals surface area contributed by atoms with Crippen molar-refractivity contribution in [2.75, 3.05) is 13.1 Å². The van der Waals surface area contributed by atoms with E-state index in [-0.39, 0.29) is 24.5 Å². The van der Waals surface area contributed by atoms with Crippen LogP contribution < -0.4 is 10.6 Å². The summed E-state index contributed by atoms with van der Waals surface area (Å²) >= 11 is 0. The van der Waals surface area contributed by atoms with E-state index in [9.17, 15) is 27.2 Å². The SMILES string of the molecule is CCN(CC)S(=O)(=O)c1ccc(F)c(C(=O)OC(C)C(=O)NC(=O)NCc2ccccc2)c1. The molecule has 2 aromatic rings. The lowest BCUT2D eigenvalue weighted by Crippen LogP contribution is -2.44. The van der Waals surface area contributed by atoms with Gasteiger partial charge in [0.15, 0.2) is 6.10 Å². The van der Waals surface area contributed by atoms with Crippen molar-refractivity contribution < 1.29 is 31.9 Å². The van der Waals surface area contributed by atoms with Crippen LogP contribution in [0, 0.1) is 5.82 Å². The molecule has 3 amide bonds. The predicted molar refractivity (Wildman–Crippen MR) is 118 cm³/mol. The van der Waals surface area contributed by atoms with Crippen LogP contribution in [0.2, 0.25) is 0 Å². The van der Waals surface area contributed by atoms with E-state index in [0.29, 0.717) is 0 Å². The molecule has 0 aliphatic heterocycles. The van der Waals surface area contributed by atoms with E-state index in [4.69, 9.17) is 4.74 Å². The molecule has 11 heteroatoms. The molecule has 0 aliphatic carbocycles. The Morgan fingerprint density at radius 2 is 1.70 bits per heavy atom. The van der Waals surface area contributed by atoms with E-state index >= 15 is 0 Å². The summed E-state index contributed by atoms with van der Waals surface area (Å²) in [5, 5.41) is 4.51. The molecule has 9 nitrogen and oxygen atoms in total. The first kappa shape index (κ1) is 25.9. The molecule has 0 aliphatic rings. The van der Waals surface area contributed by atoms with Gasteiger partial charge in [0.25, 0.3) is 5.91 Å². The number of imide groups is 1. The average molecular weight is 480 g/mol. The predicted octanol–water partition coefficient (Wildman–Crippen LogP) is 2.43. The number of hydrogen-bond donors (Lipinski definition) is 2. The minimum Gasteiger partial charge on any atom is -0.449 e. The standard InChI is InChI=1S/C22H26FN3O6S/c1-4-26(5-2)33(30,31)17-11-12-19(23)18(13-17)21(28)32-15(3)20(27)25-22(29)24-14-16-9-7-6-8-10-16/h6-13,15H,4-5,14H2,1-3H3,(H2,24,25,27,29). The fraction of sp³-hybridized carbons (Fsp3) is 0.318. The number of carbonyl (C=O) groups excluding carboxylic acids is 3. The van der Waals surface area contributed by atoms with E-state index in [1.54, 1.807) is 38.1 Å². The number of esters is 1.